The first-order chi connectivity index (χ1) is 10.5. The first kappa shape index (κ1) is 16.1. The van der Waals surface area contributed by atoms with Crippen LogP contribution in [0, 0.1) is 0 Å². The zero-order valence-electron chi connectivity index (χ0n) is 11.2. The summed E-state index contributed by atoms with van der Waals surface area (Å²) in [5.74, 6) is -1.31. The van der Waals surface area contributed by atoms with Crippen LogP contribution < -0.4 is 9.47 Å². The Balaban J connectivity index is 1.97. The van der Waals surface area contributed by atoms with Crippen LogP contribution in [0.2, 0.25) is 10.0 Å². The fourth-order valence-corrected chi connectivity index (χ4v) is 1.68. The zero-order chi connectivity index (χ0) is 16.1. The van der Waals surface area contributed by atoms with Crippen LogP contribution in [-0.2, 0) is 9.59 Å². The number of carbonyl (C=O) groups is 2. The van der Waals surface area contributed by atoms with Gasteiger partial charge in [-0.25, -0.2) is 9.59 Å². The average Bonchev–Trinajstić information content (AvgIpc) is 2.51. The number of hydrogen-bond donors (Lipinski definition) is 0. The third kappa shape index (κ3) is 4.35. The van der Waals surface area contributed by atoms with Gasteiger partial charge in [-0.15, -0.1) is 0 Å². The quantitative estimate of drug-likeness (QED) is 0.278. The largest absolute Gasteiger partial charge is 0.423 e. The monoisotopic (exact) mass is 336 g/mol. The summed E-state index contributed by atoms with van der Waals surface area (Å²) in [5, 5.41) is 1.00. The van der Waals surface area contributed by atoms with Gasteiger partial charge in [-0.1, -0.05) is 29.8 Å². The standard InChI is InChI=1S/C16H10Cl2O4/c1-10(15(19)21-13-6-2-11(17)3-7-13)16(20)22-14-8-4-12(18)5-9-14/h2-9H,1H2. The smallest absolute Gasteiger partial charge is 0.350 e. The van der Waals surface area contributed by atoms with Crippen molar-refractivity contribution in [1.29, 1.82) is 0 Å². The highest BCUT2D eigenvalue weighted by atomic mass is 35.5. The number of benzene rings is 2. The molecule has 0 N–H and O–H groups in total. The van der Waals surface area contributed by atoms with Gasteiger partial charge in [0.2, 0.25) is 0 Å². The summed E-state index contributed by atoms with van der Waals surface area (Å²) in [7, 11) is 0. The van der Waals surface area contributed by atoms with E-state index in [4.69, 9.17) is 32.7 Å². The molecule has 2 aromatic rings. The summed E-state index contributed by atoms with van der Waals surface area (Å²) in [6.07, 6.45) is 0. The molecule has 0 atom stereocenters. The molecule has 0 aliphatic carbocycles. The van der Waals surface area contributed by atoms with E-state index in [9.17, 15) is 9.59 Å². The van der Waals surface area contributed by atoms with Gasteiger partial charge in [0.25, 0.3) is 0 Å². The van der Waals surface area contributed by atoms with E-state index >= 15 is 0 Å². The number of hydrogen-bond acceptors (Lipinski definition) is 4. The normalized spacial score (nSPS) is 9.91. The fourth-order valence-electron chi connectivity index (χ4n) is 1.43. The molecule has 0 radical (unpaired) electrons. The second-order valence-electron chi connectivity index (χ2n) is 4.17. The molecule has 0 aromatic heterocycles. The van der Waals surface area contributed by atoms with Gasteiger partial charge in [0.1, 0.15) is 17.1 Å². The van der Waals surface area contributed by atoms with E-state index in [-0.39, 0.29) is 11.5 Å². The van der Waals surface area contributed by atoms with Gasteiger partial charge in [-0.3, -0.25) is 0 Å². The lowest BCUT2D eigenvalue weighted by molar-refractivity contribution is -0.137. The van der Waals surface area contributed by atoms with Crippen molar-refractivity contribution < 1.29 is 19.1 Å². The summed E-state index contributed by atoms with van der Waals surface area (Å²) in [6, 6.07) is 12.2. The van der Waals surface area contributed by atoms with E-state index in [2.05, 4.69) is 6.58 Å². The molecule has 2 rings (SSSR count). The summed E-state index contributed by atoms with van der Waals surface area (Å²) in [5.41, 5.74) is -0.426. The van der Waals surface area contributed by atoms with Crippen LogP contribution in [0.4, 0.5) is 0 Å². The van der Waals surface area contributed by atoms with E-state index in [1.807, 2.05) is 0 Å². The molecule has 0 spiro atoms. The van der Waals surface area contributed by atoms with Gasteiger partial charge in [0, 0.05) is 10.0 Å². The van der Waals surface area contributed by atoms with E-state index in [0.717, 1.165) is 0 Å². The van der Waals surface area contributed by atoms with Gasteiger partial charge in [0.15, 0.2) is 0 Å². The Bertz CT molecular complexity index is 644. The Morgan fingerprint density at radius 3 is 1.36 bits per heavy atom. The lowest BCUT2D eigenvalue weighted by atomic mass is 10.3. The van der Waals surface area contributed by atoms with Crippen molar-refractivity contribution >= 4 is 35.1 Å². The Morgan fingerprint density at radius 1 is 0.727 bits per heavy atom. The maximum absolute atomic E-state index is 11.8. The number of halogens is 2. The Kier molecular flexibility index (Phi) is 5.20. The number of ether oxygens (including phenoxy) is 2. The topological polar surface area (TPSA) is 52.6 Å². The number of carbonyl (C=O) groups excluding carboxylic acids is 2. The molecule has 0 amide bonds. The highest BCUT2D eigenvalue weighted by Crippen LogP contribution is 2.18. The molecule has 0 unspecified atom stereocenters. The van der Waals surface area contributed by atoms with Crippen molar-refractivity contribution in [3.05, 3.63) is 70.7 Å². The molecule has 112 valence electrons. The minimum Gasteiger partial charge on any atom is -0.423 e. The van der Waals surface area contributed by atoms with Gasteiger partial charge in [-0.2, -0.15) is 0 Å². The second kappa shape index (κ2) is 7.11. The van der Waals surface area contributed by atoms with Crippen LogP contribution in [0.5, 0.6) is 11.5 Å². The molecule has 6 heteroatoms. The summed E-state index contributed by atoms with van der Waals surface area (Å²) in [4.78, 5) is 23.6. The second-order valence-corrected chi connectivity index (χ2v) is 5.04. The third-order valence-corrected chi connectivity index (χ3v) is 3.05. The Labute approximate surface area is 136 Å². The highest BCUT2D eigenvalue weighted by Gasteiger charge is 2.20. The predicted molar refractivity (Wildman–Crippen MR) is 83.3 cm³/mol. The molecule has 0 saturated carbocycles. The maximum Gasteiger partial charge on any atom is 0.350 e. The van der Waals surface area contributed by atoms with Crippen molar-refractivity contribution in [3.8, 4) is 11.5 Å². The first-order valence-corrected chi connectivity index (χ1v) is 6.85. The molecule has 2 aromatic carbocycles. The maximum atomic E-state index is 11.8. The minimum atomic E-state index is -0.902. The van der Waals surface area contributed by atoms with E-state index in [0.29, 0.717) is 10.0 Å². The summed E-state index contributed by atoms with van der Waals surface area (Å²) < 4.78 is 9.98. The summed E-state index contributed by atoms with van der Waals surface area (Å²) in [6.45, 7) is 3.38. The molecule has 0 bridgehead atoms. The Morgan fingerprint density at radius 2 is 1.05 bits per heavy atom. The number of rotatable bonds is 4. The van der Waals surface area contributed by atoms with Gasteiger partial charge in [0.05, 0.1) is 0 Å². The van der Waals surface area contributed by atoms with Crippen LogP contribution in [-0.4, -0.2) is 11.9 Å². The molecule has 0 aliphatic heterocycles. The Hall–Kier alpha value is -2.30. The summed E-state index contributed by atoms with van der Waals surface area (Å²) >= 11 is 11.4. The molecule has 0 aliphatic rings. The van der Waals surface area contributed by atoms with E-state index in [1.54, 1.807) is 24.3 Å². The first-order valence-electron chi connectivity index (χ1n) is 6.10. The molecule has 0 heterocycles. The molecule has 4 nitrogen and oxygen atoms in total. The molecular formula is C16H10Cl2O4. The predicted octanol–water partition coefficient (Wildman–Crippen LogP) is 4.06. The van der Waals surface area contributed by atoms with Crippen LogP contribution in [0.3, 0.4) is 0 Å². The van der Waals surface area contributed by atoms with Crippen molar-refractivity contribution in [2.75, 3.05) is 0 Å². The lowest BCUT2D eigenvalue weighted by Gasteiger charge is -2.07. The van der Waals surface area contributed by atoms with Crippen LogP contribution in [0.1, 0.15) is 0 Å². The van der Waals surface area contributed by atoms with Crippen molar-refractivity contribution in [2.45, 2.75) is 0 Å². The van der Waals surface area contributed by atoms with Gasteiger partial charge < -0.3 is 9.47 Å². The van der Waals surface area contributed by atoms with Gasteiger partial charge >= 0.3 is 11.9 Å². The van der Waals surface area contributed by atoms with E-state index < -0.39 is 17.5 Å². The zero-order valence-corrected chi connectivity index (χ0v) is 12.7. The molecule has 0 saturated heterocycles. The van der Waals surface area contributed by atoms with Crippen LogP contribution in [0.25, 0.3) is 0 Å². The molecule has 0 fully saturated rings. The SMILES string of the molecule is C=C(C(=O)Oc1ccc(Cl)cc1)C(=O)Oc1ccc(Cl)cc1. The van der Waals surface area contributed by atoms with Crippen molar-refractivity contribution in [3.63, 3.8) is 0 Å². The van der Waals surface area contributed by atoms with Crippen LogP contribution >= 0.6 is 23.2 Å². The number of esters is 2. The average molecular weight is 337 g/mol. The molecular weight excluding hydrogens is 327 g/mol. The third-order valence-electron chi connectivity index (χ3n) is 2.54. The highest BCUT2D eigenvalue weighted by molar-refractivity contribution is 6.30. The van der Waals surface area contributed by atoms with E-state index in [1.165, 1.54) is 24.3 Å². The molecule has 22 heavy (non-hydrogen) atoms. The van der Waals surface area contributed by atoms with Gasteiger partial charge in [-0.05, 0) is 48.5 Å². The fraction of sp³-hybridized carbons (Fsp3) is 0. The van der Waals surface area contributed by atoms with Crippen molar-refractivity contribution in [1.82, 2.24) is 0 Å². The lowest BCUT2D eigenvalue weighted by Crippen LogP contribution is -2.21. The minimum absolute atomic E-state index is 0.245. The van der Waals surface area contributed by atoms with Crippen molar-refractivity contribution in [2.24, 2.45) is 0 Å². The van der Waals surface area contributed by atoms with Crippen LogP contribution in [0.15, 0.2) is 60.7 Å².